The summed E-state index contributed by atoms with van der Waals surface area (Å²) in [5.74, 6) is 1.09. The van der Waals surface area contributed by atoms with Crippen LogP contribution in [0, 0.1) is 18.3 Å². The van der Waals surface area contributed by atoms with Gasteiger partial charge in [0.1, 0.15) is 23.2 Å². The van der Waals surface area contributed by atoms with Crippen LogP contribution >= 0.6 is 0 Å². The zero-order chi connectivity index (χ0) is 22.6. The fourth-order valence-corrected chi connectivity index (χ4v) is 8.54. The Morgan fingerprint density at radius 2 is 2.00 bits per heavy atom. The molecule has 33 heavy (non-hydrogen) atoms. The van der Waals surface area contributed by atoms with Crippen LogP contribution in [0.2, 0.25) is 0 Å². The minimum absolute atomic E-state index is 0.118. The molecule has 0 aromatic heterocycles. The van der Waals surface area contributed by atoms with E-state index in [1.54, 1.807) is 14.0 Å². The monoisotopic (exact) mass is 441 g/mol. The van der Waals surface area contributed by atoms with Crippen molar-refractivity contribution in [3.8, 4) is 5.75 Å². The molecule has 2 heterocycles. The van der Waals surface area contributed by atoms with Gasteiger partial charge in [-0.15, -0.1) is 0 Å². The Hall–Kier alpha value is -2.43. The highest BCUT2D eigenvalue weighted by molar-refractivity contribution is 5.82. The van der Waals surface area contributed by atoms with Crippen molar-refractivity contribution >= 4 is 5.78 Å². The maximum atomic E-state index is 13.1. The van der Waals surface area contributed by atoms with E-state index < -0.39 is 5.60 Å². The first-order valence-electron chi connectivity index (χ1n) is 12.3. The second-order valence-corrected chi connectivity index (χ2v) is 10.9. The van der Waals surface area contributed by atoms with Crippen LogP contribution in [0.5, 0.6) is 5.75 Å². The molecule has 0 unspecified atom stereocenters. The van der Waals surface area contributed by atoms with E-state index in [0.717, 1.165) is 38.1 Å². The zero-order valence-corrected chi connectivity index (χ0v) is 19.6. The zero-order valence-electron chi connectivity index (χ0n) is 19.6. The third-order valence-corrected chi connectivity index (χ3v) is 9.85. The van der Waals surface area contributed by atoms with Crippen molar-refractivity contribution in [1.82, 2.24) is 4.90 Å². The number of methoxy groups -OCH3 is 1. The molecular formula is C29H31NO3. The number of fused-ring (bicyclic) bond motifs is 1. The van der Waals surface area contributed by atoms with E-state index in [2.05, 4.69) is 66.4 Å². The molecule has 6 aliphatic rings. The predicted molar refractivity (Wildman–Crippen MR) is 126 cm³/mol. The Balaban J connectivity index is 1.47. The van der Waals surface area contributed by atoms with Gasteiger partial charge in [0.2, 0.25) is 0 Å². The molecular weight excluding hydrogens is 410 g/mol. The lowest BCUT2D eigenvalue weighted by Crippen LogP contribution is -2.79. The van der Waals surface area contributed by atoms with Gasteiger partial charge in [-0.3, -0.25) is 9.69 Å². The number of benzene rings is 2. The maximum Gasteiger partial charge on any atom is 0.143 e. The van der Waals surface area contributed by atoms with Gasteiger partial charge in [0.05, 0.1) is 11.3 Å². The molecule has 2 aromatic rings. The fraction of sp³-hybridized carbons (Fsp3) is 0.483. The van der Waals surface area contributed by atoms with Crippen LogP contribution in [0.15, 0.2) is 54.6 Å². The standard InChI is InChI=1S/C29H31NO3/c1-18-9-10-21-15-23-27-11-12-29(32-3,22(16-27)19(2)31)26-28(27,24(21)25(18)33-26)13-14-30(23)17-20-7-5-4-6-8-20/h4-12,22-23,26H,13-17H2,1-3H3/t22-,23-,26-,27-,28+,29-/m1/s1. The van der Waals surface area contributed by atoms with E-state index in [1.807, 2.05) is 0 Å². The number of ketones is 1. The highest BCUT2D eigenvalue weighted by Gasteiger charge is 2.79. The van der Waals surface area contributed by atoms with E-state index >= 15 is 0 Å². The molecule has 0 amide bonds. The summed E-state index contributed by atoms with van der Waals surface area (Å²) in [6, 6.07) is 15.7. The number of rotatable bonds is 4. The third-order valence-electron chi connectivity index (χ3n) is 9.85. The Morgan fingerprint density at radius 3 is 2.76 bits per heavy atom. The largest absolute Gasteiger partial charge is 0.485 e. The van der Waals surface area contributed by atoms with Gasteiger partial charge in [0.15, 0.2) is 0 Å². The number of piperidine rings is 1. The van der Waals surface area contributed by atoms with E-state index in [9.17, 15) is 4.79 Å². The highest BCUT2D eigenvalue weighted by atomic mass is 16.6. The molecule has 2 aliphatic heterocycles. The second kappa shape index (κ2) is 6.37. The van der Waals surface area contributed by atoms with Gasteiger partial charge in [-0.05, 0) is 56.3 Å². The highest BCUT2D eigenvalue weighted by Crippen LogP contribution is 2.74. The molecule has 0 radical (unpaired) electrons. The molecule has 4 nitrogen and oxygen atoms in total. The molecule has 0 N–H and O–H groups in total. The first-order valence-corrected chi connectivity index (χ1v) is 12.3. The van der Waals surface area contributed by atoms with Crippen LogP contribution in [-0.4, -0.2) is 42.1 Å². The summed E-state index contributed by atoms with van der Waals surface area (Å²) in [4.78, 5) is 15.7. The molecule has 6 atom stereocenters. The summed E-state index contributed by atoms with van der Waals surface area (Å²) < 4.78 is 13.2. The minimum atomic E-state index is -0.695. The van der Waals surface area contributed by atoms with Crippen molar-refractivity contribution in [2.24, 2.45) is 11.3 Å². The predicted octanol–water partition coefficient (Wildman–Crippen LogP) is 4.37. The lowest BCUT2D eigenvalue weighted by Gasteiger charge is -2.71. The van der Waals surface area contributed by atoms with Crippen molar-refractivity contribution in [2.75, 3.05) is 13.7 Å². The number of Topliss-reactive ketones (excluding diaryl/α,β-unsaturated/α-hetero) is 1. The third kappa shape index (κ3) is 2.14. The van der Waals surface area contributed by atoms with Crippen LogP contribution in [-0.2, 0) is 27.9 Å². The molecule has 2 fully saturated rings. The first kappa shape index (κ1) is 20.0. The van der Waals surface area contributed by atoms with Crippen molar-refractivity contribution in [3.05, 3.63) is 76.9 Å². The van der Waals surface area contributed by atoms with Gasteiger partial charge in [0.25, 0.3) is 0 Å². The summed E-state index contributed by atoms with van der Waals surface area (Å²) in [5, 5.41) is 0. The van der Waals surface area contributed by atoms with E-state index in [4.69, 9.17) is 9.47 Å². The lowest BCUT2D eigenvalue weighted by molar-refractivity contribution is -0.215. The Morgan fingerprint density at radius 1 is 1.18 bits per heavy atom. The number of nitrogens with zero attached hydrogens (tertiary/aromatic N) is 1. The molecule has 4 bridgehead atoms. The molecule has 8 rings (SSSR count). The molecule has 4 heteroatoms. The minimum Gasteiger partial charge on any atom is -0.485 e. The SMILES string of the molecule is CO[C@]12C=C[C@@]3(C[C@@H]1C(C)=O)[C@H]1Cc4ccc(C)c5c4[C@@]3(CCN1Cc1ccccc1)[C@H]2O5. The number of hydrogen-bond acceptors (Lipinski definition) is 4. The summed E-state index contributed by atoms with van der Waals surface area (Å²) in [6.45, 7) is 5.87. The van der Waals surface area contributed by atoms with Gasteiger partial charge in [-0.25, -0.2) is 0 Å². The van der Waals surface area contributed by atoms with Crippen LogP contribution in [0.3, 0.4) is 0 Å². The maximum absolute atomic E-state index is 13.1. The number of hydrogen-bond donors (Lipinski definition) is 0. The summed E-state index contributed by atoms with van der Waals surface area (Å²) >= 11 is 0. The van der Waals surface area contributed by atoms with Crippen molar-refractivity contribution in [3.63, 3.8) is 0 Å². The van der Waals surface area contributed by atoms with Gasteiger partial charge in [-0.2, -0.15) is 0 Å². The molecule has 4 aliphatic carbocycles. The van der Waals surface area contributed by atoms with E-state index in [-0.39, 0.29) is 28.6 Å². The number of ether oxygens (including phenoxy) is 2. The first-order chi connectivity index (χ1) is 16.0. The molecule has 2 spiro atoms. The van der Waals surface area contributed by atoms with Crippen molar-refractivity contribution in [1.29, 1.82) is 0 Å². The summed E-state index contributed by atoms with van der Waals surface area (Å²) in [7, 11) is 1.76. The quantitative estimate of drug-likeness (QED) is 0.661. The topological polar surface area (TPSA) is 38.8 Å². The van der Waals surface area contributed by atoms with Gasteiger partial charge in [-0.1, -0.05) is 54.6 Å². The van der Waals surface area contributed by atoms with Crippen LogP contribution in [0.25, 0.3) is 0 Å². The average Bonchev–Trinajstić information content (AvgIpc) is 3.20. The second-order valence-electron chi connectivity index (χ2n) is 10.9. The summed E-state index contributed by atoms with van der Waals surface area (Å²) in [6.07, 6.45) is 7.40. The number of aryl methyl sites for hydroxylation is 1. The lowest BCUT2D eigenvalue weighted by atomic mass is 9.37. The number of carbonyl (C=O) groups is 1. The van der Waals surface area contributed by atoms with E-state index in [0.29, 0.717) is 6.04 Å². The molecule has 1 saturated carbocycles. The van der Waals surface area contributed by atoms with Crippen LogP contribution < -0.4 is 4.74 Å². The number of likely N-dealkylation sites (tertiary alicyclic amines) is 1. The Kier molecular flexibility index (Phi) is 3.86. The van der Waals surface area contributed by atoms with Crippen molar-refractivity contribution < 1.29 is 14.3 Å². The van der Waals surface area contributed by atoms with Gasteiger partial charge < -0.3 is 9.47 Å². The smallest absolute Gasteiger partial charge is 0.143 e. The normalized spacial score (nSPS) is 39.3. The van der Waals surface area contributed by atoms with Crippen molar-refractivity contribution in [2.45, 2.75) is 62.8 Å². The van der Waals surface area contributed by atoms with Crippen LogP contribution in [0.4, 0.5) is 0 Å². The number of carbonyl (C=O) groups excluding carboxylic acids is 1. The Bertz CT molecular complexity index is 1200. The fourth-order valence-electron chi connectivity index (χ4n) is 8.54. The van der Waals surface area contributed by atoms with Gasteiger partial charge in [0, 0.05) is 30.7 Å². The van der Waals surface area contributed by atoms with Crippen LogP contribution in [0.1, 0.15) is 42.0 Å². The molecule has 1 saturated heterocycles. The Labute approximate surface area is 195 Å². The van der Waals surface area contributed by atoms with E-state index in [1.165, 1.54) is 22.3 Å². The molecule has 170 valence electrons. The summed E-state index contributed by atoms with van der Waals surface area (Å²) in [5.41, 5.74) is 4.46. The molecule has 2 aromatic carbocycles. The average molecular weight is 442 g/mol. The van der Waals surface area contributed by atoms with Gasteiger partial charge >= 0.3 is 0 Å².